The second kappa shape index (κ2) is 5.70. The second-order valence-corrected chi connectivity index (χ2v) is 4.08. The first-order valence-corrected chi connectivity index (χ1v) is 5.38. The smallest absolute Gasteiger partial charge is 0.165 e. The van der Waals surface area contributed by atoms with Crippen molar-refractivity contribution < 1.29 is 9.13 Å². The fourth-order valence-electron chi connectivity index (χ4n) is 1.46. The Kier molecular flexibility index (Phi) is 4.55. The summed E-state index contributed by atoms with van der Waals surface area (Å²) in [4.78, 5) is 0. The molecular formula is C12H19FN2O. The molecule has 0 fully saturated rings. The molecule has 1 atom stereocenters. The first-order valence-electron chi connectivity index (χ1n) is 5.38. The summed E-state index contributed by atoms with van der Waals surface area (Å²) in [5, 5.41) is 3.26. The van der Waals surface area contributed by atoms with Gasteiger partial charge in [0.15, 0.2) is 11.6 Å². The Balaban J connectivity index is 2.80. The van der Waals surface area contributed by atoms with E-state index in [0.717, 1.165) is 5.69 Å². The zero-order valence-electron chi connectivity index (χ0n) is 9.96. The van der Waals surface area contributed by atoms with Crippen LogP contribution < -0.4 is 15.8 Å². The van der Waals surface area contributed by atoms with Crippen LogP contribution >= 0.6 is 0 Å². The molecule has 0 aliphatic carbocycles. The Labute approximate surface area is 95.8 Å². The van der Waals surface area contributed by atoms with Crippen molar-refractivity contribution in [2.24, 2.45) is 11.7 Å². The minimum Gasteiger partial charge on any atom is -0.494 e. The van der Waals surface area contributed by atoms with Gasteiger partial charge in [-0.05, 0) is 18.1 Å². The summed E-state index contributed by atoms with van der Waals surface area (Å²) < 4.78 is 18.1. The van der Waals surface area contributed by atoms with E-state index in [2.05, 4.69) is 19.2 Å². The second-order valence-electron chi connectivity index (χ2n) is 4.08. The molecule has 1 aromatic carbocycles. The summed E-state index contributed by atoms with van der Waals surface area (Å²) >= 11 is 0. The lowest BCUT2D eigenvalue weighted by Crippen LogP contribution is -2.33. The average molecular weight is 226 g/mol. The van der Waals surface area contributed by atoms with Gasteiger partial charge in [0, 0.05) is 24.3 Å². The Morgan fingerprint density at radius 1 is 1.44 bits per heavy atom. The standard InChI is InChI=1S/C12H19FN2O/c1-8(2)11(7-14)15-9-4-5-10(13)12(6-9)16-3/h4-6,8,11,15H,7,14H2,1-3H3. The topological polar surface area (TPSA) is 47.3 Å². The molecular weight excluding hydrogens is 207 g/mol. The van der Waals surface area contributed by atoms with Crippen molar-refractivity contribution in [1.82, 2.24) is 0 Å². The van der Waals surface area contributed by atoms with Gasteiger partial charge in [0.2, 0.25) is 0 Å². The van der Waals surface area contributed by atoms with Crippen LogP contribution in [0.2, 0.25) is 0 Å². The molecule has 0 aliphatic rings. The SMILES string of the molecule is COc1cc(NC(CN)C(C)C)ccc1F. The molecule has 1 aromatic rings. The predicted molar refractivity (Wildman–Crippen MR) is 64.3 cm³/mol. The monoisotopic (exact) mass is 226 g/mol. The summed E-state index contributed by atoms with van der Waals surface area (Å²) in [5.74, 6) is 0.299. The first kappa shape index (κ1) is 12.8. The summed E-state index contributed by atoms with van der Waals surface area (Å²) in [5.41, 5.74) is 6.48. The molecule has 3 nitrogen and oxygen atoms in total. The summed E-state index contributed by atoms with van der Waals surface area (Å²) in [7, 11) is 1.45. The van der Waals surface area contributed by atoms with Crippen LogP contribution in [0.25, 0.3) is 0 Å². The van der Waals surface area contributed by atoms with Crippen LogP contribution in [0.15, 0.2) is 18.2 Å². The third-order valence-electron chi connectivity index (χ3n) is 2.56. The van der Waals surface area contributed by atoms with Gasteiger partial charge in [-0.15, -0.1) is 0 Å². The Hall–Kier alpha value is -1.29. The van der Waals surface area contributed by atoms with Crippen LogP contribution in [-0.2, 0) is 0 Å². The number of benzene rings is 1. The molecule has 0 aliphatic heterocycles. The molecule has 0 radical (unpaired) electrons. The lowest BCUT2D eigenvalue weighted by Gasteiger charge is -2.22. The summed E-state index contributed by atoms with van der Waals surface area (Å²) in [6.07, 6.45) is 0. The number of methoxy groups -OCH3 is 1. The van der Waals surface area contributed by atoms with Gasteiger partial charge in [0.25, 0.3) is 0 Å². The number of ether oxygens (including phenoxy) is 1. The van der Waals surface area contributed by atoms with Crippen molar-refractivity contribution in [3.05, 3.63) is 24.0 Å². The third-order valence-corrected chi connectivity index (χ3v) is 2.56. The molecule has 0 aromatic heterocycles. The summed E-state index contributed by atoms with van der Waals surface area (Å²) in [6, 6.07) is 4.88. The molecule has 0 bridgehead atoms. The van der Waals surface area contributed by atoms with Gasteiger partial charge in [-0.3, -0.25) is 0 Å². The van der Waals surface area contributed by atoms with Crippen LogP contribution in [0.1, 0.15) is 13.8 Å². The van der Waals surface area contributed by atoms with Crippen molar-refractivity contribution in [3.8, 4) is 5.75 Å². The van der Waals surface area contributed by atoms with Gasteiger partial charge in [0.1, 0.15) is 0 Å². The molecule has 0 saturated heterocycles. The number of hydrogen-bond acceptors (Lipinski definition) is 3. The molecule has 0 heterocycles. The maximum absolute atomic E-state index is 13.2. The number of rotatable bonds is 5. The zero-order chi connectivity index (χ0) is 12.1. The normalized spacial score (nSPS) is 12.6. The van der Waals surface area contributed by atoms with E-state index in [1.165, 1.54) is 13.2 Å². The molecule has 0 spiro atoms. The van der Waals surface area contributed by atoms with E-state index >= 15 is 0 Å². The molecule has 1 unspecified atom stereocenters. The van der Waals surface area contributed by atoms with E-state index < -0.39 is 0 Å². The average Bonchev–Trinajstić information content (AvgIpc) is 2.27. The van der Waals surface area contributed by atoms with Gasteiger partial charge in [-0.1, -0.05) is 13.8 Å². The fraction of sp³-hybridized carbons (Fsp3) is 0.500. The van der Waals surface area contributed by atoms with Crippen LogP contribution in [-0.4, -0.2) is 19.7 Å². The van der Waals surface area contributed by atoms with E-state index in [4.69, 9.17) is 10.5 Å². The van der Waals surface area contributed by atoms with Crippen LogP contribution in [0.5, 0.6) is 5.75 Å². The molecule has 0 amide bonds. The van der Waals surface area contributed by atoms with E-state index in [1.54, 1.807) is 12.1 Å². The number of nitrogens with two attached hydrogens (primary N) is 1. The Morgan fingerprint density at radius 3 is 2.62 bits per heavy atom. The van der Waals surface area contributed by atoms with Gasteiger partial charge in [-0.25, -0.2) is 4.39 Å². The molecule has 90 valence electrons. The van der Waals surface area contributed by atoms with Crippen molar-refractivity contribution in [2.75, 3.05) is 19.0 Å². The lowest BCUT2D eigenvalue weighted by atomic mass is 10.0. The molecule has 1 rings (SSSR count). The molecule has 4 heteroatoms. The highest BCUT2D eigenvalue weighted by molar-refractivity contribution is 5.49. The quantitative estimate of drug-likeness (QED) is 0.809. The molecule has 16 heavy (non-hydrogen) atoms. The van der Waals surface area contributed by atoms with Gasteiger partial charge < -0.3 is 15.8 Å². The number of nitrogens with one attached hydrogen (secondary N) is 1. The fourth-order valence-corrected chi connectivity index (χ4v) is 1.46. The number of hydrogen-bond donors (Lipinski definition) is 2. The van der Waals surface area contributed by atoms with Crippen molar-refractivity contribution in [2.45, 2.75) is 19.9 Å². The largest absolute Gasteiger partial charge is 0.494 e. The van der Waals surface area contributed by atoms with Gasteiger partial charge >= 0.3 is 0 Å². The highest BCUT2D eigenvalue weighted by Crippen LogP contribution is 2.22. The first-order chi connectivity index (χ1) is 7.58. The van der Waals surface area contributed by atoms with Crippen LogP contribution in [0.3, 0.4) is 0 Å². The van der Waals surface area contributed by atoms with Crippen LogP contribution in [0.4, 0.5) is 10.1 Å². The third kappa shape index (κ3) is 3.10. The van der Waals surface area contributed by atoms with E-state index in [-0.39, 0.29) is 17.6 Å². The zero-order valence-corrected chi connectivity index (χ0v) is 9.96. The highest BCUT2D eigenvalue weighted by Gasteiger charge is 2.12. The molecule has 3 N–H and O–H groups in total. The Morgan fingerprint density at radius 2 is 2.12 bits per heavy atom. The van der Waals surface area contributed by atoms with Crippen molar-refractivity contribution in [3.63, 3.8) is 0 Å². The van der Waals surface area contributed by atoms with Crippen molar-refractivity contribution >= 4 is 5.69 Å². The number of anilines is 1. The van der Waals surface area contributed by atoms with Crippen LogP contribution in [0, 0.1) is 11.7 Å². The van der Waals surface area contributed by atoms with Gasteiger partial charge in [0.05, 0.1) is 7.11 Å². The van der Waals surface area contributed by atoms with E-state index in [1.807, 2.05) is 0 Å². The Bertz CT molecular complexity index is 342. The lowest BCUT2D eigenvalue weighted by molar-refractivity contribution is 0.386. The maximum Gasteiger partial charge on any atom is 0.165 e. The van der Waals surface area contributed by atoms with E-state index in [9.17, 15) is 4.39 Å². The predicted octanol–water partition coefficient (Wildman–Crippen LogP) is 2.23. The summed E-state index contributed by atoms with van der Waals surface area (Å²) in [6.45, 7) is 4.72. The maximum atomic E-state index is 13.2. The highest BCUT2D eigenvalue weighted by atomic mass is 19.1. The molecule has 0 saturated carbocycles. The number of halogens is 1. The minimum atomic E-state index is -0.359. The van der Waals surface area contributed by atoms with Gasteiger partial charge in [-0.2, -0.15) is 0 Å². The van der Waals surface area contributed by atoms with E-state index in [0.29, 0.717) is 12.5 Å². The van der Waals surface area contributed by atoms with Crippen molar-refractivity contribution in [1.29, 1.82) is 0 Å². The minimum absolute atomic E-state index is 0.176.